The fourth-order valence-electron chi connectivity index (χ4n) is 6.36. The molecule has 0 bridgehead atoms. The third kappa shape index (κ3) is 5.12. The third-order valence-electron chi connectivity index (χ3n) is 8.54. The van der Waals surface area contributed by atoms with Gasteiger partial charge in [-0.25, -0.2) is 0 Å². The van der Waals surface area contributed by atoms with Crippen LogP contribution < -0.4 is 10.2 Å². The Labute approximate surface area is 247 Å². The van der Waals surface area contributed by atoms with Gasteiger partial charge in [-0.3, -0.25) is 0 Å². The van der Waals surface area contributed by atoms with Crippen LogP contribution in [-0.2, 0) is 13.0 Å². The normalized spacial score (nSPS) is 15.3. The van der Waals surface area contributed by atoms with Crippen LogP contribution in [0.3, 0.4) is 0 Å². The summed E-state index contributed by atoms with van der Waals surface area (Å²) in [5, 5.41) is 4.23. The first-order chi connectivity index (χ1) is 20.1. The Hall–Kier alpha value is -4.05. The highest BCUT2D eigenvalue weighted by Crippen LogP contribution is 2.42. The molecule has 7 rings (SSSR count). The lowest BCUT2D eigenvalue weighted by Gasteiger charge is -2.29. The van der Waals surface area contributed by atoms with Crippen LogP contribution in [0.15, 0.2) is 114 Å². The molecule has 2 aliphatic rings. The van der Waals surface area contributed by atoms with Gasteiger partial charge in [0.2, 0.25) is 0 Å². The average Bonchev–Trinajstić information content (AvgIpc) is 3.41. The van der Waals surface area contributed by atoms with Gasteiger partial charge < -0.3 is 14.6 Å². The van der Waals surface area contributed by atoms with Crippen molar-refractivity contribution >= 4 is 23.0 Å². The van der Waals surface area contributed by atoms with Gasteiger partial charge in [0.15, 0.2) is 5.76 Å². The molecule has 0 unspecified atom stereocenters. The molecule has 0 radical (unpaired) electrons. The number of furan rings is 1. The molecule has 0 amide bonds. The third-order valence-corrected chi connectivity index (χ3v) is 8.79. The quantitative estimate of drug-likeness (QED) is 0.234. The number of halogens is 1. The Morgan fingerprint density at radius 3 is 2.37 bits per heavy atom. The van der Waals surface area contributed by atoms with Crippen molar-refractivity contribution in [2.45, 2.75) is 31.7 Å². The van der Waals surface area contributed by atoms with Gasteiger partial charge >= 0.3 is 0 Å². The molecule has 1 saturated heterocycles. The first kappa shape index (κ1) is 25.9. The van der Waals surface area contributed by atoms with Crippen molar-refractivity contribution in [3.05, 3.63) is 143 Å². The largest absolute Gasteiger partial charge is 0.454 e. The molecule has 1 aromatic heterocycles. The number of nitrogens with one attached hydrogen (secondary N) is 1. The van der Waals surface area contributed by atoms with Crippen molar-refractivity contribution < 1.29 is 4.42 Å². The van der Waals surface area contributed by atoms with Crippen LogP contribution in [-0.4, -0.2) is 13.1 Å². The number of rotatable bonds is 5. The number of hydrogen-bond acceptors (Lipinski definition) is 3. The lowest BCUT2D eigenvalue weighted by atomic mass is 9.88. The SMILES string of the molecule is C=C1c2oc(-c3ccc(Cl)cc3)cc2Cc2cc(C3CCNCC3)ccc2N1Cc1ccccc1-c1ccccc1. The minimum absolute atomic E-state index is 0.591. The van der Waals surface area contributed by atoms with E-state index in [-0.39, 0.29) is 0 Å². The Morgan fingerprint density at radius 1 is 0.805 bits per heavy atom. The minimum Gasteiger partial charge on any atom is -0.454 e. The molecule has 5 aromatic rings. The van der Waals surface area contributed by atoms with Gasteiger partial charge in [-0.2, -0.15) is 0 Å². The second kappa shape index (κ2) is 11.1. The molecule has 3 nitrogen and oxygen atoms in total. The summed E-state index contributed by atoms with van der Waals surface area (Å²) in [7, 11) is 0. The zero-order chi connectivity index (χ0) is 27.8. The fraction of sp³-hybridized carbons (Fsp3) is 0.189. The van der Waals surface area contributed by atoms with E-state index >= 15 is 0 Å². The Kier molecular flexibility index (Phi) is 7.00. The molecule has 3 heterocycles. The molecule has 0 saturated carbocycles. The van der Waals surface area contributed by atoms with Gasteiger partial charge in [-0.15, -0.1) is 0 Å². The van der Waals surface area contributed by atoms with E-state index in [0.29, 0.717) is 17.5 Å². The number of piperidine rings is 1. The van der Waals surface area contributed by atoms with Crippen molar-refractivity contribution in [1.82, 2.24) is 5.32 Å². The van der Waals surface area contributed by atoms with Crippen molar-refractivity contribution in [2.24, 2.45) is 0 Å². The van der Waals surface area contributed by atoms with E-state index in [0.717, 1.165) is 42.3 Å². The van der Waals surface area contributed by atoms with Gasteiger partial charge in [0.1, 0.15) is 5.76 Å². The van der Waals surface area contributed by atoms with Gasteiger partial charge in [-0.05, 0) is 96.1 Å². The standard InChI is InChI=1S/C37H33ClN2O/c1-25-37-32(23-36(41-37)28-11-14-33(38)15-12-28)22-31-21-29(26-17-19-39-20-18-26)13-16-35(31)40(25)24-30-9-5-6-10-34(30)27-7-3-2-4-8-27/h2-16,21,23,26,39H,1,17-20,22,24H2. The van der Waals surface area contributed by atoms with Crippen LogP contribution in [0.1, 0.15) is 46.8 Å². The second-order valence-corrected chi connectivity index (χ2v) is 11.6. The highest BCUT2D eigenvalue weighted by atomic mass is 35.5. The van der Waals surface area contributed by atoms with E-state index in [4.69, 9.17) is 16.0 Å². The van der Waals surface area contributed by atoms with E-state index in [1.807, 2.05) is 24.3 Å². The van der Waals surface area contributed by atoms with Crippen LogP contribution in [0.4, 0.5) is 5.69 Å². The summed E-state index contributed by atoms with van der Waals surface area (Å²) in [6.07, 6.45) is 3.16. The van der Waals surface area contributed by atoms with Crippen LogP contribution in [0.25, 0.3) is 28.1 Å². The van der Waals surface area contributed by atoms with E-state index < -0.39 is 0 Å². The number of benzene rings is 4. The summed E-state index contributed by atoms with van der Waals surface area (Å²) in [6.45, 7) is 7.49. The zero-order valence-electron chi connectivity index (χ0n) is 23.1. The van der Waals surface area contributed by atoms with Gasteiger partial charge in [0.25, 0.3) is 0 Å². The first-order valence-corrected chi connectivity index (χ1v) is 14.8. The van der Waals surface area contributed by atoms with Crippen LogP contribution in [0, 0.1) is 0 Å². The molecule has 204 valence electrons. The predicted octanol–water partition coefficient (Wildman–Crippen LogP) is 9.32. The van der Waals surface area contributed by atoms with Gasteiger partial charge in [0.05, 0.1) is 5.70 Å². The summed E-state index contributed by atoms with van der Waals surface area (Å²) in [6, 6.07) is 36.4. The minimum atomic E-state index is 0.591. The van der Waals surface area contributed by atoms with E-state index in [2.05, 4.69) is 95.7 Å². The maximum atomic E-state index is 6.59. The maximum Gasteiger partial charge on any atom is 0.154 e. The number of nitrogens with zero attached hydrogens (tertiary/aromatic N) is 1. The predicted molar refractivity (Wildman–Crippen MR) is 170 cm³/mol. The van der Waals surface area contributed by atoms with E-state index in [1.165, 1.54) is 51.9 Å². The second-order valence-electron chi connectivity index (χ2n) is 11.1. The Morgan fingerprint density at radius 2 is 1.56 bits per heavy atom. The molecule has 41 heavy (non-hydrogen) atoms. The Balaban J connectivity index is 1.33. The van der Waals surface area contributed by atoms with Crippen molar-refractivity contribution in [1.29, 1.82) is 0 Å². The number of fused-ring (bicyclic) bond motifs is 2. The molecular formula is C37H33ClN2O. The van der Waals surface area contributed by atoms with Crippen LogP contribution in [0.2, 0.25) is 5.02 Å². The highest BCUT2D eigenvalue weighted by molar-refractivity contribution is 6.30. The zero-order valence-corrected chi connectivity index (χ0v) is 23.8. The molecule has 0 aliphatic carbocycles. The molecule has 1 fully saturated rings. The van der Waals surface area contributed by atoms with Crippen LogP contribution in [0.5, 0.6) is 0 Å². The number of anilines is 1. The highest BCUT2D eigenvalue weighted by Gasteiger charge is 2.28. The van der Waals surface area contributed by atoms with Crippen molar-refractivity contribution in [3.63, 3.8) is 0 Å². The van der Waals surface area contributed by atoms with Gasteiger partial charge in [-0.1, -0.05) is 84.9 Å². The lowest BCUT2D eigenvalue weighted by Crippen LogP contribution is -2.26. The van der Waals surface area contributed by atoms with Crippen molar-refractivity contribution in [3.8, 4) is 22.5 Å². The summed E-state index contributed by atoms with van der Waals surface area (Å²) < 4.78 is 6.59. The summed E-state index contributed by atoms with van der Waals surface area (Å²) >= 11 is 6.18. The topological polar surface area (TPSA) is 28.4 Å². The molecule has 4 aromatic carbocycles. The van der Waals surface area contributed by atoms with E-state index in [1.54, 1.807) is 0 Å². The molecule has 1 N–H and O–H groups in total. The van der Waals surface area contributed by atoms with E-state index in [9.17, 15) is 0 Å². The summed E-state index contributed by atoms with van der Waals surface area (Å²) in [5.41, 5.74) is 10.7. The molecule has 0 atom stereocenters. The smallest absolute Gasteiger partial charge is 0.154 e. The fourth-order valence-corrected chi connectivity index (χ4v) is 6.49. The monoisotopic (exact) mass is 556 g/mol. The molecule has 0 spiro atoms. The Bertz CT molecular complexity index is 1700. The maximum absolute atomic E-state index is 6.59. The van der Waals surface area contributed by atoms with Gasteiger partial charge in [0, 0.05) is 34.8 Å². The van der Waals surface area contributed by atoms with Crippen LogP contribution >= 0.6 is 11.6 Å². The first-order valence-electron chi connectivity index (χ1n) is 14.5. The molecular weight excluding hydrogens is 524 g/mol. The lowest BCUT2D eigenvalue weighted by molar-refractivity contribution is 0.460. The van der Waals surface area contributed by atoms with Crippen molar-refractivity contribution in [2.75, 3.05) is 18.0 Å². The molecule has 2 aliphatic heterocycles. The summed E-state index contributed by atoms with van der Waals surface area (Å²) in [5.74, 6) is 2.29. The average molecular weight is 557 g/mol. The summed E-state index contributed by atoms with van der Waals surface area (Å²) in [4.78, 5) is 2.35. The molecule has 4 heteroatoms. The number of hydrogen-bond donors (Lipinski definition) is 1.